The van der Waals surface area contributed by atoms with E-state index in [1.54, 1.807) is 23.8 Å². The van der Waals surface area contributed by atoms with Gasteiger partial charge in [-0.15, -0.1) is 0 Å². The Morgan fingerprint density at radius 1 is 0.816 bits per heavy atom. The Balaban J connectivity index is 2.54. The van der Waals surface area contributed by atoms with E-state index in [2.05, 4.69) is 10.6 Å². The van der Waals surface area contributed by atoms with Gasteiger partial charge in [0.05, 0.1) is 25.7 Å². The zero-order chi connectivity index (χ0) is 29.5. The minimum absolute atomic E-state index is 0.00717. The standard InChI is InChI=1S/C29H54N4O5/c1-21(35)14-26(2,3)28(6,7)19-30-23(36)16-32(10)17-24(37)31-20-29(8,9)27(4,5)15-25(38)33-13-11-12-22(33)18-34/h22,34H,11-20H2,1-10H3,(H,30,36)(H,31,37). The van der Waals surface area contributed by atoms with Gasteiger partial charge in [0, 0.05) is 32.5 Å². The summed E-state index contributed by atoms with van der Waals surface area (Å²) in [6.45, 7) is 19.6. The zero-order valence-electron chi connectivity index (χ0n) is 25.6. The van der Waals surface area contributed by atoms with Crippen LogP contribution in [0.25, 0.3) is 0 Å². The highest BCUT2D eigenvalue weighted by molar-refractivity contribution is 5.81. The lowest BCUT2D eigenvalue weighted by molar-refractivity contribution is -0.136. The predicted octanol–water partition coefficient (Wildman–Crippen LogP) is 2.61. The Kier molecular flexibility index (Phi) is 12.0. The minimum Gasteiger partial charge on any atom is -0.394 e. The van der Waals surface area contributed by atoms with Crippen LogP contribution in [0, 0.1) is 21.7 Å². The monoisotopic (exact) mass is 538 g/mol. The third-order valence-electron chi connectivity index (χ3n) is 9.14. The molecule has 0 aliphatic carbocycles. The fourth-order valence-corrected chi connectivity index (χ4v) is 4.71. The van der Waals surface area contributed by atoms with Crippen molar-refractivity contribution in [3.05, 3.63) is 0 Å². The molecule has 0 radical (unpaired) electrons. The number of rotatable bonds is 15. The van der Waals surface area contributed by atoms with Crippen LogP contribution in [-0.4, -0.2) is 90.8 Å². The fraction of sp³-hybridized carbons (Fsp3) is 0.862. The van der Waals surface area contributed by atoms with Crippen LogP contribution in [-0.2, 0) is 19.2 Å². The number of aliphatic hydroxyl groups is 1. The maximum atomic E-state index is 12.9. The lowest BCUT2D eigenvalue weighted by atomic mass is 9.65. The lowest BCUT2D eigenvalue weighted by Gasteiger charge is -2.42. The van der Waals surface area contributed by atoms with Gasteiger partial charge in [-0.2, -0.15) is 0 Å². The van der Waals surface area contributed by atoms with E-state index in [1.807, 2.05) is 55.4 Å². The maximum absolute atomic E-state index is 12.9. The van der Waals surface area contributed by atoms with Crippen LogP contribution in [0.4, 0.5) is 0 Å². The Hall–Kier alpha value is -2.00. The zero-order valence-corrected chi connectivity index (χ0v) is 25.6. The number of nitrogens with zero attached hydrogens (tertiary/aromatic N) is 2. The molecule has 0 spiro atoms. The van der Waals surface area contributed by atoms with Crippen molar-refractivity contribution in [1.29, 1.82) is 0 Å². The third-order valence-corrected chi connectivity index (χ3v) is 9.14. The molecule has 3 amide bonds. The number of carbonyl (C=O) groups is 4. The highest BCUT2D eigenvalue weighted by Gasteiger charge is 2.41. The van der Waals surface area contributed by atoms with Gasteiger partial charge in [0.15, 0.2) is 0 Å². The number of likely N-dealkylation sites (N-methyl/N-ethyl adjacent to an activating group) is 1. The first-order valence-electron chi connectivity index (χ1n) is 13.9. The molecule has 38 heavy (non-hydrogen) atoms. The van der Waals surface area contributed by atoms with Crippen LogP contribution in [0.1, 0.15) is 88.0 Å². The molecule has 9 nitrogen and oxygen atoms in total. The van der Waals surface area contributed by atoms with E-state index in [9.17, 15) is 24.3 Å². The average Bonchev–Trinajstić information content (AvgIpc) is 3.24. The van der Waals surface area contributed by atoms with E-state index in [0.29, 0.717) is 32.5 Å². The summed E-state index contributed by atoms with van der Waals surface area (Å²) in [5.74, 6) is -0.182. The predicted molar refractivity (Wildman–Crippen MR) is 150 cm³/mol. The number of amides is 3. The summed E-state index contributed by atoms with van der Waals surface area (Å²) >= 11 is 0. The maximum Gasteiger partial charge on any atom is 0.234 e. The number of nitrogens with one attached hydrogen (secondary N) is 2. The first-order chi connectivity index (χ1) is 17.2. The van der Waals surface area contributed by atoms with Crippen molar-refractivity contribution < 1.29 is 24.3 Å². The highest BCUT2D eigenvalue weighted by Crippen LogP contribution is 2.42. The molecule has 1 aliphatic rings. The molecule has 1 saturated heterocycles. The molecule has 1 heterocycles. The van der Waals surface area contributed by atoms with Gasteiger partial charge in [-0.25, -0.2) is 0 Å². The Labute approximate surface area is 230 Å². The second kappa shape index (κ2) is 13.4. The summed E-state index contributed by atoms with van der Waals surface area (Å²) in [5, 5.41) is 15.5. The summed E-state index contributed by atoms with van der Waals surface area (Å²) in [6.07, 6.45) is 2.53. The van der Waals surface area contributed by atoms with Gasteiger partial charge in [0.2, 0.25) is 17.7 Å². The number of hydrogen-bond donors (Lipinski definition) is 3. The lowest BCUT2D eigenvalue weighted by Crippen LogP contribution is -2.49. The second-order valence-electron chi connectivity index (χ2n) is 13.9. The molecule has 1 atom stereocenters. The van der Waals surface area contributed by atoms with Gasteiger partial charge < -0.3 is 25.4 Å². The number of ketones is 1. The SMILES string of the molecule is CC(=O)CC(C)(C)C(C)(C)CNC(=O)CN(C)CC(=O)NCC(C)(C)C(C)(C)CC(=O)N1CCCC1CO. The molecule has 0 aromatic heterocycles. The summed E-state index contributed by atoms with van der Waals surface area (Å²) < 4.78 is 0. The van der Waals surface area contributed by atoms with Crippen molar-refractivity contribution >= 4 is 23.5 Å². The molecule has 1 unspecified atom stereocenters. The summed E-state index contributed by atoms with van der Waals surface area (Å²) in [6, 6.07) is -0.0908. The molecule has 0 aromatic rings. The van der Waals surface area contributed by atoms with Gasteiger partial charge >= 0.3 is 0 Å². The van der Waals surface area contributed by atoms with E-state index < -0.39 is 0 Å². The van der Waals surface area contributed by atoms with Crippen molar-refractivity contribution in [2.24, 2.45) is 21.7 Å². The Morgan fingerprint density at radius 3 is 1.68 bits per heavy atom. The van der Waals surface area contributed by atoms with Crippen LogP contribution < -0.4 is 10.6 Å². The van der Waals surface area contributed by atoms with E-state index in [4.69, 9.17) is 0 Å². The van der Waals surface area contributed by atoms with Gasteiger partial charge in [-0.05, 0) is 48.5 Å². The van der Waals surface area contributed by atoms with E-state index in [1.165, 1.54) is 0 Å². The molecule has 3 N–H and O–H groups in total. The van der Waals surface area contributed by atoms with Crippen LogP contribution in [0.5, 0.6) is 0 Å². The molecule has 1 aliphatic heterocycles. The minimum atomic E-state index is -0.380. The molecule has 9 heteroatoms. The Morgan fingerprint density at radius 2 is 1.26 bits per heavy atom. The van der Waals surface area contributed by atoms with Crippen LogP contribution in [0.15, 0.2) is 0 Å². The summed E-state index contributed by atoms with van der Waals surface area (Å²) in [7, 11) is 1.73. The molecule has 0 saturated carbocycles. The average molecular weight is 539 g/mol. The van der Waals surface area contributed by atoms with Crippen LogP contribution >= 0.6 is 0 Å². The van der Waals surface area contributed by atoms with Crippen LogP contribution in [0.2, 0.25) is 0 Å². The van der Waals surface area contributed by atoms with Gasteiger partial charge in [-0.3, -0.25) is 19.3 Å². The normalized spacial score (nSPS) is 17.1. The number of hydrogen-bond acceptors (Lipinski definition) is 6. The molecule has 0 aromatic carbocycles. The van der Waals surface area contributed by atoms with Crippen molar-refractivity contribution in [2.75, 3.05) is 46.4 Å². The first-order valence-corrected chi connectivity index (χ1v) is 13.9. The van der Waals surface area contributed by atoms with Gasteiger partial charge in [-0.1, -0.05) is 55.4 Å². The molecule has 220 valence electrons. The van der Waals surface area contributed by atoms with Gasteiger partial charge in [0.25, 0.3) is 0 Å². The number of carbonyl (C=O) groups excluding carboxylic acids is 4. The summed E-state index contributed by atoms with van der Waals surface area (Å²) in [5.41, 5.74) is -1.29. The molecule has 0 bridgehead atoms. The topological polar surface area (TPSA) is 119 Å². The summed E-state index contributed by atoms with van der Waals surface area (Å²) in [4.78, 5) is 53.2. The van der Waals surface area contributed by atoms with Crippen molar-refractivity contribution in [1.82, 2.24) is 20.4 Å². The Bertz CT molecular complexity index is 850. The van der Waals surface area contributed by atoms with E-state index in [0.717, 1.165) is 12.8 Å². The smallest absolute Gasteiger partial charge is 0.234 e. The van der Waals surface area contributed by atoms with E-state index >= 15 is 0 Å². The number of Topliss-reactive ketones (excluding diaryl/α,β-unsaturated/α-hetero) is 1. The number of aliphatic hydroxyl groups excluding tert-OH is 1. The van der Waals surface area contributed by atoms with Crippen molar-refractivity contribution in [3.63, 3.8) is 0 Å². The first kappa shape index (κ1) is 34.0. The van der Waals surface area contributed by atoms with Crippen molar-refractivity contribution in [2.45, 2.75) is 94.0 Å². The fourth-order valence-electron chi connectivity index (χ4n) is 4.71. The van der Waals surface area contributed by atoms with Crippen molar-refractivity contribution in [3.8, 4) is 0 Å². The van der Waals surface area contributed by atoms with E-state index in [-0.39, 0.29) is 70.9 Å². The third kappa shape index (κ3) is 9.63. The van der Waals surface area contributed by atoms with Crippen LogP contribution in [0.3, 0.4) is 0 Å². The molecular formula is C29H54N4O5. The molecule has 1 rings (SSSR count). The molecule has 1 fully saturated rings. The largest absolute Gasteiger partial charge is 0.394 e. The quantitative estimate of drug-likeness (QED) is 0.295. The van der Waals surface area contributed by atoms with Gasteiger partial charge in [0.1, 0.15) is 5.78 Å². The molecular weight excluding hydrogens is 484 g/mol. The highest BCUT2D eigenvalue weighted by atomic mass is 16.3. The number of likely N-dealkylation sites (tertiary alicyclic amines) is 1. The second-order valence-corrected chi connectivity index (χ2v) is 13.9.